The Bertz CT molecular complexity index is 133. The van der Waals surface area contributed by atoms with Gasteiger partial charge in [0.1, 0.15) is 0 Å². The first-order chi connectivity index (χ1) is 5.24. The van der Waals surface area contributed by atoms with Crippen molar-refractivity contribution in [2.75, 3.05) is 26.2 Å². The van der Waals surface area contributed by atoms with Gasteiger partial charge in [0.25, 0.3) is 0 Å². The van der Waals surface area contributed by atoms with E-state index in [9.17, 15) is 0 Å². The van der Waals surface area contributed by atoms with Crippen molar-refractivity contribution < 1.29 is 10.2 Å². The first-order valence-electron chi connectivity index (χ1n) is 3.62. The topological polar surface area (TPSA) is 67.5 Å². The Kier molecular flexibility index (Phi) is 5.75. The molecule has 4 nitrogen and oxygen atoms in total. The molecule has 0 radical (unpaired) electrons. The van der Waals surface area contributed by atoms with E-state index in [1.165, 1.54) is 0 Å². The Morgan fingerprint density at radius 3 is 2.64 bits per heavy atom. The molecule has 0 aliphatic rings. The first-order valence-corrected chi connectivity index (χ1v) is 3.62. The number of nitriles is 1. The summed E-state index contributed by atoms with van der Waals surface area (Å²) in [6.07, 6.45) is -0.733. The number of aliphatic hydroxyl groups excluding tert-OH is 2. The summed E-state index contributed by atoms with van der Waals surface area (Å²) in [4.78, 5) is 1.76. The highest BCUT2D eigenvalue weighted by atomic mass is 16.3. The quantitative estimate of drug-likeness (QED) is 0.513. The molecule has 11 heavy (non-hydrogen) atoms. The Balaban J connectivity index is 3.60. The first kappa shape index (κ1) is 10.4. The normalized spacial score (nSPS) is 13.0. The van der Waals surface area contributed by atoms with Gasteiger partial charge < -0.3 is 10.2 Å². The smallest absolute Gasteiger partial charge is 0.0897 e. The van der Waals surface area contributed by atoms with Gasteiger partial charge in [0.15, 0.2) is 0 Å². The summed E-state index contributed by atoms with van der Waals surface area (Å²) >= 11 is 0. The maximum Gasteiger partial charge on any atom is 0.0897 e. The van der Waals surface area contributed by atoms with Crippen molar-refractivity contribution in [2.45, 2.75) is 13.0 Å². The van der Waals surface area contributed by atoms with Gasteiger partial charge >= 0.3 is 0 Å². The maximum absolute atomic E-state index is 8.98. The van der Waals surface area contributed by atoms with Crippen LogP contribution < -0.4 is 0 Å². The third-order valence-corrected chi connectivity index (χ3v) is 1.42. The molecule has 0 aromatic carbocycles. The van der Waals surface area contributed by atoms with Gasteiger partial charge in [-0.05, 0) is 6.54 Å². The van der Waals surface area contributed by atoms with Crippen molar-refractivity contribution >= 4 is 0 Å². The van der Waals surface area contributed by atoms with Crippen molar-refractivity contribution in [3.05, 3.63) is 0 Å². The summed E-state index contributed by atoms with van der Waals surface area (Å²) in [7, 11) is 0. The second kappa shape index (κ2) is 6.10. The molecule has 1 unspecified atom stereocenters. The monoisotopic (exact) mass is 158 g/mol. The number of aliphatic hydroxyl groups is 2. The van der Waals surface area contributed by atoms with Crippen molar-refractivity contribution in [3.8, 4) is 6.07 Å². The van der Waals surface area contributed by atoms with Crippen molar-refractivity contribution in [1.82, 2.24) is 4.90 Å². The number of hydrogen-bond donors (Lipinski definition) is 2. The average molecular weight is 158 g/mol. The molecule has 0 aromatic rings. The lowest BCUT2D eigenvalue weighted by molar-refractivity contribution is 0.0645. The van der Waals surface area contributed by atoms with Crippen LogP contribution in [0.5, 0.6) is 0 Å². The highest BCUT2D eigenvalue weighted by Gasteiger charge is 2.07. The van der Waals surface area contributed by atoms with Crippen LogP contribution in [0, 0.1) is 11.3 Å². The number of hydrogen-bond acceptors (Lipinski definition) is 4. The zero-order chi connectivity index (χ0) is 8.69. The molecule has 0 saturated heterocycles. The van der Waals surface area contributed by atoms with E-state index in [1.807, 2.05) is 13.0 Å². The van der Waals surface area contributed by atoms with E-state index >= 15 is 0 Å². The second-order valence-corrected chi connectivity index (χ2v) is 2.32. The van der Waals surface area contributed by atoms with Crippen LogP contribution in [0.2, 0.25) is 0 Å². The van der Waals surface area contributed by atoms with E-state index in [2.05, 4.69) is 0 Å². The molecule has 0 amide bonds. The Labute approximate surface area is 66.7 Å². The molecule has 2 N–H and O–H groups in total. The van der Waals surface area contributed by atoms with Crippen LogP contribution in [0.15, 0.2) is 0 Å². The summed E-state index contributed by atoms with van der Waals surface area (Å²) < 4.78 is 0. The average Bonchev–Trinajstić information content (AvgIpc) is 2.03. The van der Waals surface area contributed by atoms with Crippen LogP contribution >= 0.6 is 0 Å². The minimum absolute atomic E-state index is 0.248. The molecule has 0 aromatic heterocycles. The number of likely N-dealkylation sites (N-methyl/N-ethyl adjacent to an activating group) is 1. The second-order valence-electron chi connectivity index (χ2n) is 2.32. The fourth-order valence-electron chi connectivity index (χ4n) is 0.761. The summed E-state index contributed by atoms with van der Waals surface area (Å²) in [6.45, 7) is 3.03. The van der Waals surface area contributed by atoms with Crippen molar-refractivity contribution in [3.63, 3.8) is 0 Å². The zero-order valence-electron chi connectivity index (χ0n) is 6.69. The van der Waals surface area contributed by atoms with Crippen molar-refractivity contribution in [2.24, 2.45) is 0 Å². The summed E-state index contributed by atoms with van der Waals surface area (Å²) in [5.74, 6) is 0. The predicted molar refractivity (Wildman–Crippen MR) is 40.8 cm³/mol. The third kappa shape index (κ3) is 4.73. The van der Waals surface area contributed by atoms with E-state index < -0.39 is 6.10 Å². The van der Waals surface area contributed by atoms with Crippen LogP contribution in [0.3, 0.4) is 0 Å². The van der Waals surface area contributed by atoms with Gasteiger partial charge in [-0.3, -0.25) is 4.90 Å². The maximum atomic E-state index is 8.98. The molecule has 0 heterocycles. The third-order valence-electron chi connectivity index (χ3n) is 1.42. The molecule has 1 atom stereocenters. The van der Waals surface area contributed by atoms with Crippen LogP contribution in [-0.2, 0) is 0 Å². The molecule has 0 rings (SSSR count). The molecule has 0 aliphatic carbocycles. The fourth-order valence-corrected chi connectivity index (χ4v) is 0.761. The summed E-state index contributed by atoms with van der Waals surface area (Å²) in [5, 5.41) is 25.8. The van der Waals surface area contributed by atoms with E-state index in [-0.39, 0.29) is 6.61 Å². The molecule has 4 heteroatoms. The molecular formula is C7H14N2O2. The predicted octanol–water partition coefficient (Wildman–Crippen LogP) is -0.815. The molecule has 0 saturated carbocycles. The zero-order valence-corrected chi connectivity index (χ0v) is 6.69. The van der Waals surface area contributed by atoms with Crippen molar-refractivity contribution in [1.29, 1.82) is 5.26 Å². The Morgan fingerprint density at radius 2 is 2.27 bits per heavy atom. The lowest BCUT2D eigenvalue weighted by atomic mass is 10.3. The highest BCUT2D eigenvalue weighted by Crippen LogP contribution is 1.90. The van der Waals surface area contributed by atoms with Gasteiger partial charge in [-0.25, -0.2) is 0 Å². The van der Waals surface area contributed by atoms with Gasteiger partial charge in [0, 0.05) is 6.54 Å². The van der Waals surface area contributed by atoms with Gasteiger partial charge in [-0.15, -0.1) is 0 Å². The van der Waals surface area contributed by atoms with Gasteiger partial charge in [0.2, 0.25) is 0 Å². The Morgan fingerprint density at radius 1 is 1.64 bits per heavy atom. The lowest BCUT2D eigenvalue weighted by Gasteiger charge is -2.18. The molecule has 0 spiro atoms. The van der Waals surface area contributed by atoms with Crippen LogP contribution in [0.1, 0.15) is 6.92 Å². The van der Waals surface area contributed by atoms with Gasteiger partial charge in [-0.1, -0.05) is 6.92 Å². The minimum Gasteiger partial charge on any atom is -0.394 e. The van der Waals surface area contributed by atoms with Gasteiger partial charge in [0.05, 0.1) is 25.3 Å². The molecule has 0 fully saturated rings. The molecule has 0 aliphatic heterocycles. The highest BCUT2D eigenvalue weighted by molar-refractivity contribution is 4.77. The lowest BCUT2D eigenvalue weighted by Crippen LogP contribution is -2.34. The number of nitrogens with zero attached hydrogens (tertiary/aromatic N) is 2. The SMILES string of the molecule is CCN(CC#N)CC(O)CO. The molecule has 0 bridgehead atoms. The van der Waals surface area contributed by atoms with E-state index in [0.717, 1.165) is 0 Å². The minimum atomic E-state index is -0.733. The summed E-state index contributed by atoms with van der Waals surface area (Å²) in [5.41, 5.74) is 0. The van der Waals surface area contributed by atoms with Gasteiger partial charge in [-0.2, -0.15) is 5.26 Å². The van der Waals surface area contributed by atoms with E-state index in [0.29, 0.717) is 19.6 Å². The molecular weight excluding hydrogens is 144 g/mol. The largest absolute Gasteiger partial charge is 0.394 e. The van der Waals surface area contributed by atoms with E-state index in [4.69, 9.17) is 15.5 Å². The number of rotatable bonds is 5. The van der Waals surface area contributed by atoms with Crippen LogP contribution in [-0.4, -0.2) is 47.5 Å². The van der Waals surface area contributed by atoms with Crippen LogP contribution in [0.4, 0.5) is 0 Å². The Hall–Kier alpha value is -0.630. The summed E-state index contributed by atoms with van der Waals surface area (Å²) in [6, 6.07) is 1.98. The fraction of sp³-hybridized carbons (Fsp3) is 0.857. The molecule has 64 valence electrons. The standard InChI is InChI=1S/C7H14N2O2/c1-2-9(4-3-8)5-7(11)6-10/h7,10-11H,2,4-6H2,1H3. The van der Waals surface area contributed by atoms with E-state index in [1.54, 1.807) is 4.90 Å². The van der Waals surface area contributed by atoms with Crippen LogP contribution in [0.25, 0.3) is 0 Å².